The lowest BCUT2D eigenvalue weighted by atomic mass is 9.78. The number of fused-ring (bicyclic) bond motifs is 16. The molecule has 0 spiro atoms. The van der Waals surface area contributed by atoms with Crippen LogP contribution in [0.4, 0.5) is 0 Å². The van der Waals surface area contributed by atoms with Crippen LogP contribution in [0.5, 0.6) is 0 Å². The summed E-state index contributed by atoms with van der Waals surface area (Å²) >= 11 is 0. The van der Waals surface area contributed by atoms with E-state index in [1.165, 1.54) is 105 Å². The third kappa shape index (κ3) is 4.22. The molecule has 0 saturated heterocycles. The number of benzene rings is 9. The van der Waals surface area contributed by atoms with Crippen molar-refractivity contribution in [3.05, 3.63) is 191 Å². The third-order valence-electron chi connectivity index (χ3n) is 15.1. The number of hydrogen-bond acceptors (Lipinski definition) is 1. The van der Waals surface area contributed by atoms with Gasteiger partial charge in [-0.05, 0) is 147 Å². The van der Waals surface area contributed by atoms with Crippen molar-refractivity contribution in [2.75, 3.05) is 0 Å². The Hall–Kier alpha value is -6.70. The van der Waals surface area contributed by atoms with Crippen LogP contribution < -0.4 is 0 Å². The lowest BCUT2D eigenvalue weighted by Gasteiger charge is -2.25. The molecular formula is C59H44O. The van der Waals surface area contributed by atoms with Crippen molar-refractivity contribution in [1.82, 2.24) is 0 Å². The maximum atomic E-state index is 6.77. The van der Waals surface area contributed by atoms with Crippen molar-refractivity contribution in [3.8, 4) is 55.6 Å². The molecule has 0 atom stereocenters. The summed E-state index contributed by atoms with van der Waals surface area (Å²) in [6, 6.07) is 59.3. The van der Waals surface area contributed by atoms with Gasteiger partial charge >= 0.3 is 0 Å². The molecule has 0 fully saturated rings. The molecule has 10 aromatic rings. The molecule has 1 aromatic heterocycles. The van der Waals surface area contributed by atoms with E-state index in [1.54, 1.807) is 0 Å². The number of para-hydroxylation sites is 1. The van der Waals surface area contributed by atoms with Crippen LogP contribution in [-0.4, -0.2) is 0 Å². The minimum absolute atomic E-state index is 0.0895. The monoisotopic (exact) mass is 768 g/mol. The molecule has 0 bridgehead atoms. The van der Waals surface area contributed by atoms with Crippen LogP contribution >= 0.6 is 0 Å². The van der Waals surface area contributed by atoms with Crippen molar-refractivity contribution >= 4 is 43.5 Å². The summed E-state index contributed by atoms with van der Waals surface area (Å²) in [5.74, 6) is 0. The van der Waals surface area contributed by atoms with Gasteiger partial charge in [0.2, 0.25) is 0 Å². The van der Waals surface area contributed by atoms with Crippen molar-refractivity contribution in [3.63, 3.8) is 0 Å². The van der Waals surface area contributed by atoms with E-state index in [9.17, 15) is 0 Å². The molecular weight excluding hydrogens is 725 g/mol. The van der Waals surface area contributed by atoms with E-state index < -0.39 is 0 Å². The Morgan fingerprint density at radius 3 is 1.60 bits per heavy atom. The van der Waals surface area contributed by atoms with E-state index >= 15 is 0 Å². The SMILES string of the molecule is CC1(C)c2cc3c(cc2-c2cc4c(cc21)-c1c(cc(-c2ccc5c(c2)oc2c(-c6ccccc6)cccc25)c2ccccc12)C4(C)C)C(C)(C)c1ccc2ccccc2c1-3. The second kappa shape index (κ2) is 11.3. The number of hydrogen-bond donors (Lipinski definition) is 0. The minimum Gasteiger partial charge on any atom is -0.455 e. The lowest BCUT2D eigenvalue weighted by Crippen LogP contribution is -2.17. The zero-order chi connectivity index (χ0) is 40.4. The summed E-state index contributed by atoms with van der Waals surface area (Å²) in [4.78, 5) is 0. The van der Waals surface area contributed by atoms with Gasteiger partial charge in [-0.25, -0.2) is 0 Å². The van der Waals surface area contributed by atoms with Gasteiger partial charge < -0.3 is 4.42 Å². The highest BCUT2D eigenvalue weighted by molar-refractivity contribution is 6.13. The summed E-state index contributed by atoms with van der Waals surface area (Å²) in [6.45, 7) is 14.6. The molecule has 0 amide bonds. The van der Waals surface area contributed by atoms with Gasteiger partial charge in [-0.15, -0.1) is 0 Å². The van der Waals surface area contributed by atoms with Crippen molar-refractivity contribution in [2.45, 2.75) is 57.8 Å². The normalized spacial score (nSPS) is 15.9. The smallest absolute Gasteiger partial charge is 0.143 e. The average Bonchev–Trinajstić information content (AvgIpc) is 3.90. The summed E-state index contributed by atoms with van der Waals surface area (Å²) in [7, 11) is 0. The van der Waals surface area contributed by atoms with Crippen LogP contribution in [0.25, 0.3) is 99.1 Å². The van der Waals surface area contributed by atoms with Gasteiger partial charge in [0.15, 0.2) is 0 Å². The Kier molecular flexibility index (Phi) is 6.45. The second-order valence-electron chi connectivity index (χ2n) is 19.2. The number of furan rings is 1. The molecule has 3 aliphatic rings. The Bertz CT molecular complexity index is 3550. The molecule has 1 nitrogen and oxygen atoms in total. The molecule has 1 heterocycles. The van der Waals surface area contributed by atoms with Gasteiger partial charge in [-0.2, -0.15) is 0 Å². The first-order valence-corrected chi connectivity index (χ1v) is 21.5. The minimum atomic E-state index is -0.204. The average molecular weight is 769 g/mol. The van der Waals surface area contributed by atoms with Gasteiger partial charge in [0.25, 0.3) is 0 Å². The molecule has 0 N–H and O–H groups in total. The summed E-state index contributed by atoms with van der Waals surface area (Å²) < 4.78 is 6.77. The highest BCUT2D eigenvalue weighted by Gasteiger charge is 2.45. The molecule has 0 radical (unpaired) electrons. The van der Waals surface area contributed by atoms with Crippen LogP contribution in [0.3, 0.4) is 0 Å². The van der Waals surface area contributed by atoms with E-state index in [-0.39, 0.29) is 16.2 Å². The van der Waals surface area contributed by atoms with Gasteiger partial charge in [-0.1, -0.05) is 157 Å². The third-order valence-corrected chi connectivity index (χ3v) is 15.1. The second-order valence-corrected chi connectivity index (χ2v) is 19.2. The fraction of sp³-hybridized carbons (Fsp3) is 0.153. The molecule has 0 saturated carbocycles. The predicted molar refractivity (Wildman–Crippen MR) is 252 cm³/mol. The molecule has 13 rings (SSSR count). The maximum absolute atomic E-state index is 6.77. The van der Waals surface area contributed by atoms with E-state index in [0.717, 1.165) is 27.5 Å². The standard InChI is InChI=1S/C59H44O/c1-57(2)47-26-24-34-17-10-11-18-36(34)54(47)45-31-48-43(29-50(45)57)44-30-51-46(32-49(44)58(48,3)4)55-40-20-13-12-19-38(40)42(28-52(55)59(51,5)6)35-23-25-39-41-22-14-21-37(33-15-8-7-9-16-33)56(41)60-53(39)27-35/h7-32H,1-6H3. The first-order chi connectivity index (χ1) is 29.0. The highest BCUT2D eigenvalue weighted by Crippen LogP contribution is 2.61. The molecule has 1 heteroatoms. The molecule has 0 aliphatic heterocycles. The van der Waals surface area contributed by atoms with Crippen LogP contribution in [0.15, 0.2) is 162 Å². The molecule has 60 heavy (non-hydrogen) atoms. The van der Waals surface area contributed by atoms with Gasteiger partial charge in [-0.3, -0.25) is 0 Å². The van der Waals surface area contributed by atoms with E-state index in [1.807, 2.05) is 0 Å². The van der Waals surface area contributed by atoms with Crippen LogP contribution in [-0.2, 0) is 16.2 Å². The Morgan fingerprint density at radius 2 is 0.867 bits per heavy atom. The van der Waals surface area contributed by atoms with E-state index in [4.69, 9.17) is 4.42 Å². The zero-order valence-electron chi connectivity index (χ0n) is 34.9. The van der Waals surface area contributed by atoms with E-state index in [2.05, 4.69) is 199 Å². The van der Waals surface area contributed by atoms with Gasteiger partial charge in [0, 0.05) is 32.6 Å². The van der Waals surface area contributed by atoms with Crippen molar-refractivity contribution in [2.24, 2.45) is 0 Å². The highest BCUT2D eigenvalue weighted by atomic mass is 16.3. The number of rotatable bonds is 2. The summed E-state index contributed by atoms with van der Waals surface area (Å²) in [6.07, 6.45) is 0. The zero-order valence-corrected chi connectivity index (χ0v) is 34.9. The molecule has 0 unspecified atom stereocenters. The van der Waals surface area contributed by atoms with Crippen LogP contribution in [0, 0.1) is 0 Å². The summed E-state index contributed by atoms with van der Waals surface area (Å²) in [5.41, 5.74) is 23.0. The largest absolute Gasteiger partial charge is 0.455 e. The molecule has 286 valence electrons. The van der Waals surface area contributed by atoms with Crippen molar-refractivity contribution in [1.29, 1.82) is 0 Å². The lowest BCUT2D eigenvalue weighted by molar-refractivity contribution is 0.649. The predicted octanol–water partition coefficient (Wildman–Crippen LogP) is 16.1. The Balaban J connectivity index is 0.984. The van der Waals surface area contributed by atoms with Gasteiger partial charge in [0.1, 0.15) is 11.2 Å². The Morgan fingerprint density at radius 1 is 0.317 bits per heavy atom. The van der Waals surface area contributed by atoms with E-state index in [0.29, 0.717) is 0 Å². The fourth-order valence-electron chi connectivity index (χ4n) is 11.9. The van der Waals surface area contributed by atoms with Crippen molar-refractivity contribution < 1.29 is 4.42 Å². The summed E-state index contributed by atoms with van der Waals surface area (Å²) in [5, 5.41) is 7.54. The first kappa shape index (κ1) is 34.2. The molecule has 3 aliphatic carbocycles. The molecule has 9 aromatic carbocycles. The van der Waals surface area contributed by atoms with Crippen LogP contribution in [0.1, 0.15) is 74.9 Å². The topological polar surface area (TPSA) is 13.1 Å². The Labute approximate surface area is 351 Å². The quantitative estimate of drug-likeness (QED) is 0.171. The van der Waals surface area contributed by atoms with Crippen LogP contribution in [0.2, 0.25) is 0 Å². The first-order valence-electron chi connectivity index (χ1n) is 21.5. The van der Waals surface area contributed by atoms with Gasteiger partial charge in [0.05, 0.1) is 0 Å². The fourth-order valence-corrected chi connectivity index (χ4v) is 11.9. The maximum Gasteiger partial charge on any atom is 0.143 e.